The Morgan fingerprint density at radius 2 is 2.26 bits per heavy atom. The molecular formula is C12H22F2N2O3. The summed E-state index contributed by atoms with van der Waals surface area (Å²) in [5.74, 6) is -0.822. The standard InChI is InChI=1S/C12H22F2N2O3/c1-2-3-15-10-8-19-7-9(10)12(18)16(4-5-17)6-11(13)14/h9-11,15,17H,2-8H2,1H3. The number of amides is 1. The fourth-order valence-electron chi connectivity index (χ4n) is 2.14. The summed E-state index contributed by atoms with van der Waals surface area (Å²) < 4.78 is 30.1. The predicted molar refractivity (Wildman–Crippen MR) is 66.1 cm³/mol. The number of rotatable bonds is 8. The van der Waals surface area contributed by atoms with Gasteiger partial charge in [0.1, 0.15) is 0 Å². The van der Waals surface area contributed by atoms with Gasteiger partial charge in [0.25, 0.3) is 6.43 Å². The summed E-state index contributed by atoms with van der Waals surface area (Å²) in [6.45, 7) is 2.39. The normalized spacial score (nSPS) is 23.0. The largest absolute Gasteiger partial charge is 0.395 e. The van der Waals surface area contributed by atoms with Crippen molar-refractivity contribution in [3.63, 3.8) is 0 Å². The van der Waals surface area contributed by atoms with Crippen LogP contribution in [0.2, 0.25) is 0 Å². The van der Waals surface area contributed by atoms with Gasteiger partial charge in [0.15, 0.2) is 0 Å². The summed E-state index contributed by atoms with van der Waals surface area (Å²) in [7, 11) is 0. The van der Waals surface area contributed by atoms with Crippen molar-refractivity contribution >= 4 is 5.91 Å². The Morgan fingerprint density at radius 1 is 1.53 bits per heavy atom. The molecule has 2 unspecified atom stereocenters. The van der Waals surface area contributed by atoms with Crippen molar-refractivity contribution in [2.75, 3.05) is 39.5 Å². The highest BCUT2D eigenvalue weighted by Gasteiger charge is 2.36. The molecule has 1 aliphatic rings. The highest BCUT2D eigenvalue weighted by atomic mass is 19.3. The first-order valence-electron chi connectivity index (χ1n) is 6.59. The van der Waals surface area contributed by atoms with Crippen LogP contribution in [0, 0.1) is 5.92 Å². The van der Waals surface area contributed by atoms with E-state index < -0.39 is 18.9 Å². The predicted octanol–water partition coefficient (Wildman–Crippen LogP) is 0.0870. The van der Waals surface area contributed by atoms with E-state index in [4.69, 9.17) is 9.84 Å². The van der Waals surface area contributed by atoms with Gasteiger partial charge in [-0.2, -0.15) is 0 Å². The fraction of sp³-hybridized carbons (Fsp3) is 0.917. The van der Waals surface area contributed by atoms with Crippen LogP contribution in [-0.4, -0.2) is 67.8 Å². The van der Waals surface area contributed by atoms with E-state index in [1.807, 2.05) is 6.92 Å². The molecule has 1 fully saturated rings. The summed E-state index contributed by atoms with van der Waals surface area (Å²) in [6, 6.07) is -0.133. The molecular weight excluding hydrogens is 258 g/mol. The van der Waals surface area contributed by atoms with Gasteiger partial charge in [-0.05, 0) is 13.0 Å². The number of hydrogen-bond donors (Lipinski definition) is 2. The molecule has 1 amide bonds. The lowest BCUT2D eigenvalue weighted by Crippen LogP contribution is -2.48. The SMILES string of the molecule is CCCNC1COCC1C(=O)N(CCO)CC(F)F. The van der Waals surface area contributed by atoms with E-state index in [1.165, 1.54) is 0 Å². The second-order valence-corrected chi connectivity index (χ2v) is 4.60. The zero-order chi connectivity index (χ0) is 14.3. The molecule has 2 atom stereocenters. The van der Waals surface area contributed by atoms with Crippen molar-refractivity contribution in [3.8, 4) is 0 Å². The van der Waals surface area contributed by atoms with Gasteiger partial charge in [0.2, 0.25) is 5.91 Å². The minimum Gasteiger partial charge on any atom is -0.395 e. The minimum absolute atomic E-state index is 0.0693. The van der Waals surface area contributed by atoms with Crippen molar-refractivity contribution in [1.82, 2.24) is 10.2 Å². The Bertz CT molecular complexity index is 280. The van der Waals surface area contributed by atoms with E-state index in [0.29, 0.717) is 6.61 Å². The number of nitrogens with one attached hydrogen (secondary N) is 1. The summed E-state index contributed by atoms with van der Waals surface area (Å²) in [5, 5.41) is 12.1. The summed E-state index contributed by atoms with van der Waals surface area (Å²) in [4.78, 5) is 13.2. The monoisotopic (exact) mass is 280 g/mol. The summed E-state index contributed by atoms with van der Waals surface area (Å²) in [6.07, 6.45) is -1.67. The van der Waals surface area contributed by atoms with Gasteiger partial charge in [-0.15, -0.1) is 0 Å². The van der Waals surface area contributed by atoms with E-state index in [1.54, 1.807) is 0 Å². The van der Waals surface area contributed by atoms with Gasteiger partial charge in [-0.3, -0.25) is 4.79 Å². The van der Waals surface area contributed by atoms with E-state index in [-0.39, 0.29) is 31.7 Å². The third-order valence-electron chi connectivity index (χ3n) is 3.09. The molecule has 1 saturated heterocycles. The van der Waals surface area contributed by atoms with E-state index in [9.17, 15) is 13.6 Å². The van der Waals surface area contributed by atoms with E-state index in [2.05, 4.69) is 5.32 Å². The van der Waals surface area contributed by atoms with Crippen LogP contribution < -0.4 is 5.32 Å². The fourth-order valence-corrected chi connectivity index (χ4v) is 2.14. The average Bonchev–Trinajstić information content (AvgIpc) is 2.82. The van der Waals surface area contributed by atoms with Crippen LogP contribution >= 0.6 is 0 Å². The van der Waals surface area contributed by atoms with Crippen molar-refractivity contribution in [2.24, 2.45) is 5.92 Å². The molecule has 7 heteroatoms. The maximum absolute atomic E-state index is 12.4. The highest BCUT2D eigenvalue weighted by molar-refractivity contribution is 5.80. The first kappa shape index (κ1) is 16.3. The number of ether oxygens (including phenoxy) is 1. The third-order valence-corrected chi connectivity index (χ3v) is 3.09. The Morgan fingerprint density at radius 3 is 2.84 bits per heavy atom. The molecule has 0 aromatic rings. The van der Waals surface area contributed by atoms with Crippen molar-refractivity contribution in [2.45, 2.75) is 25.8 Å². The number of alkyl halides is 2. The number of carbonyl (C=O) groups is 1. The molecule has 112 valence electrons. The number of halogens is 2. The molecule has 0 aromatic carbocycles. The van der Waals surface area contributed by atoms with E-state index in [0.717, 1.165) is 17.9 Å². The van der Waals surface area contributed by atoms with Gasteiger partial charge in [0.05, 0.1) is 32.3 Å². The van der Waals surface area contributed by atoms with Gasteiger partial charge in [0, 0.05) is 12.6 Å². The second-order valence-electron chi connectivity index (χ2n) is 4.60. The Labute approximate surface area is 111 Å². The molecule has 0 bridgehead atoms. The van der Waals surface area contributed by atoms with Gasteiger partial charge < -0.3 is 20.1 Å². The molecule has 1 rings (SSSR count). The number of aliphatic hydroxyl groups excluding tert-OH is 1. The van der Waals surface area contributed by atoms with Crippen LogP contribution in [0.25, 0.3) is 0 Å². The molecule has 1 aliphatic heterocycles. The van der Waals surface area contributed by atoms with Crippen LogP contribution in [0.1, 0.15) is 13.3 Å². The summed E-state index contributed by atoms with van der Waals surface area (Å²) in [5.41, 5.74) is 0. The highest BCUT2D eigenvalue weighted by Crippen LogP contribution is 2.17. The van der Waals surface area contributed by atoms with Crippen LogP contribution in [0.15, 0.2) is 0 Å². The van der Waals surface area contributed by atoms with Crippen molar-refractivity contribution < 1.29 is 23.4 Å². The molecule has 0 saturated carbocycles. The van der Waals surface area contributed by atoms with Crippen LogP contribution in [0.3, 0.4) is 0 Å². The van der Waals surface area contributed by atoms with Gasteiger partial charge in [-0.25, -0.2) is 8.78 Å². The van der Waals surface area contributed by atoms with Gasteiger partial charge >= 0.3 is 0 Å². The minimum atomic E-state index is -2.60. The van der Waals surface area contributed by atoms with Crippen LogP contribution in [0.4, 0.5) is 8.78 Å². The summed E-state index contributed by atoms with van der Waals surface area (Å²) >= 11 is 0. The molecule has 5 nitrogen and oxygen atoms in total. The van der Waals surface area contributed by atoms with E-state index >= 15 is 0 Å². The number of carbonyl (C=O) groups excluding carboxylic acids is 1. The Kier molecular flexibility index (Phi) is 7.19. The van der Waals surface area contributed by atoms with Gasteiger partial charge in [-0.1, -0.05) is 6.92 Å². The smallest absolute Gasteiger partial charge is 0.255 e. The average molecular weight is 280 g/mol. The number of nitrogens with zero attached hydrogens (tertiary/aromatic N) is 1. The molecule has 0 radical (unpaired) electrons. The molecule has 1 heterocycles. The topological polar surface area (TPSA) is 61.8 Å². The third kappa shape index (κ3) is 5.00. The Hall–Kier alpha value is -0.790. The number of hydrogen-bond acceptors (Lipinski definition) is 4. The Balaban J connectivity index is 2.60. The lowest BCUT2D eigenvalue weighted by molar-refractivity contribution is -0.138. The second kappa shape index (κ2) is 8.39. The van der Waals surface area contributed by atoms with Crippen LogP contribution in [0.5, 0.6) is 0 Å². The molecule has 0 spiro atoms. The quantitative estimate of drug-likeness (QED) is 0.661. The maximum Gasteiger partial charge on any atom is 0.255 e. The first-order valence-corrected chi connectivity index (χ1v) is 6.59. The lowest BCUT2D eigenvalue weighted by atomic mass is 10.0. The maximum atomic E-state index is 12.4. The molecule has 19 heavy (non-hydrogen) atoms. The van der Waals surface area contributed by atoms with Crippen molar-refractivity contribution in [1.29, 1.82) is 0 Å². The molecule has 0 aliphatic carbocycles. The zero-order valence-electron chi connectivity index (χ0n) is 11.1. The number of aliphatic hydroxyl groups is 1. The van der Waals surface area contributed by atoms with Crippen molar-refractivity contribution in [3.05, 3.63) is 0 Å². The molecule has 0 aromatic heterocycles. The van der Waals surface area contributed by atoms with Crippen LogP contribution in [-0.2, 0) is 9.53 Å². The molecule has 2 N–H and O–H groups in total. The lowest BCUT2D eigenvalue weighted by Gasteiger charge is -2.27. The zero-order valence-corrected chi connectivity index (χ0v) is 11.1. The first-order chi connectivity index (χ1) is 9.10.